The Labute approximate surface area is 356 Å². The number of anilines is 1. The number of hydrogen-bond donors (Lipinski definition) is 5. The van der Waals surface area contributed by atoms with Crippen molar-refractivity contribution in [1.29, 1.82) is 0 Å². The van der Waals surface area contributed by atoms with Crippen LogP contribution in [0, 0.1) is 36.5 Å². The molecule has 1 amide bonds. The Kier molecular flexibility index (Phi) is 13.1. The molecule has 0 aromatic heterocycles. The lowest BCUT2D eigenvalue weighted by Gasteiger charge is -2.38. The number of likely N-dealkylation sites (tertiary alicyclic amines) is 1. The fraction of sp³-hybridized carbons (Fsp3) is 0.587. The van der Waals surface area contributed by atoms with Crippen LogP contribution in [0.1, 0.15) is 91.1 Å². The zero-order valence-electron chi connectivity index (χ0n) is 37.1. The topological polar surface area (TPSA) is 209 Å². The lowest BCUT2D eigenvalue weighted by molar-refractivity contribution is -0.160. The number of rotatable bonds is 4. The first-order chi connectivity index (χ1) is 28.6. The van der Waals surface area contributed by atoms with Crippen LogP contribution in [0.5, 0.6) is 17.2 Å². The first-order valence-corrected chi connectivity index (χ1v) is 21.2. The number of nitrogens with zero attached hydrogens (tertiary/aromatic N) is 3. The van der Waals surface area contributed by atoms with E-state index in [0.29, 0.717) is 31.8 Å². The van der Waals surface area contributed by atoms with E-state index in [2.05, 4.69) is 24.1 Å². The van der Waals surface area contributed by atoms with E-state index in [-0.39, 0.29) is 55.4 Å². The molecule has 2 aromatic rings. The number of piperidine rings is 1. The monoisotopic (exact) mass is 846 g/mol. The van der Waals surface area contributed by atoms with E-state index in [9.17, 15) is 34.8 Å². The van der Waals surface area contributed by atoms with Crippen molar-refractivity contribution in [2.24, 2.45) is 39.6 Å². The van der Waals surface area contributed by atoms with Gasteiger partial charge in [-0.15, -0.1) is 0 Å². The molecule has 1 saturated heterocycles. The molecule has 6 rings (SSSR count). The van der Waals surface area contributed by atoms with Gasteiger partial charge in [0.2, 0.25) is 0 Å². The molecular formula is C46H62N4O11. The van der Waals surface area contributed by atoms with Crippen LogP contribution in [0.4, 0.5) is 5.69 Å². The number of amides is 1. The molecule has 4 aliphatic heterocycles. The minimum absolute atomic E-state index is 0.0364. The number of phenols is 2. The van der Waals surface area contributed by atoms with Crippen molar-refractivity contribution in [3.8, 4) is 17.2 Å². The number of aliphatic hydroxyl groups is 2. The summed E-state index contributed by atoms with van der Waals surface area (Å²) in [7, 11) is 1.47. The van der Waals surface area contributed by atoms with Crippen molar-refractivity contribution < 1.29 is 53.8 Å². The molecular weight excluding hydrogens is 785 g/mol. The number of benzene rings is 2. The third-order valence-corrected chi connectivity index (χ3v) is 12.9. The van der Waals surface area contributed by atoms with Crippen LogP contribution in [0.15, 0.2) is 46.1 Å². The van der Waals surface area contributed by atoms with Crippen molar-refractivity contribution in [3.05, 3.63) is 58.0 Å². The number of ketones is 1. The molecule has 5 N–H and O–H groups in total. The average Bonchev–Trinajstić information content (AvgIpc) is 3.71. The number of ether oxygens (including phenoxy) is 4. The first-order valence-electron chi connectivity index (χ1n) is 21.2. The van der Waals surface area contributed by atoms with Gasteiger partial charge in [0.15, 0.2) is 11.4 Å². The molecule has 2 aromatic carbocycles. The molecule has 0 unspecified atom stereocenters. The minimum Gasteiger partial charge on any atom is -0.507 e. The summed E-state index contributed by atoms with van der Waals surface area (Å²) in [5.41, 5.74) is -0.572. The van der Waals surface area contributed by atoms with Gasteiger partial charge in [0, 0.05) is 93.6 Å². The van der Waals surface area contributed by atoms with Gasteiger partial charge >= 0.3 is 11.8 Å². The Morgan fingerprint density at radius 1 is 0.967 bits per heavy atom. The maximum absolute atomic E-state index is 14.7. The number of carbonyl (C=O) groups excluding carboxylic acids is 3. The SMILES string of the molecule is CO[C@H]1/C=C/O[C@@]2(C)Oc3c(C)c(O)c4c(O)c(c5c(c4c3C2=O)=NC2(CCN(CC(C)C)CC2)N=5)NC(=O)/C(C)=C\C=C\[C@@H](C)[C@H](O)[C@@H](C)[C@@H](O)[C@@H](C)[C@H](OC(C)=O)[C@@H]1C. The summed E-state index contributed by atoms with van der Waals surface area (Å²) < 4.78 is 24.0. The summed E-state index contributed by atoms with van der Waals surface area (Å²) in [4.78, 5) is 53.7. The predicted molar refractivity (Wildman–Crippen MR) is 228 cm³/mol. The molecule has 4 bridgehead atoms. The zero-order chi connectivity index (χ0) is 44.9. The fourth-order valence-electron chi connectivity index (χ4n) is 9.20. The molecule has 9 atom stereocenters. The van der Waals surface area contributed by atoms with Gasteiger partial charge in [0.25, 0.3) is 11.7 Å². The van der Waals surface area contributed by atoms with Crippen LogP contribution in [0.25, 0.3) is 10.8 Å². The molecule has 15 nitrogen and oxygen atoms in total. The number of hydrogen-bond acceptors (Lipinski definition) is 14. The number of fused-ring (bicyclic) bond motifs is 1. The smallest absolute Gasteiger partial charge is 0.312 e. The molecule has 0 aliphatic carbocycles. The summed E-state index contributed by atoms with van der Waals surface area (Å²) in [5, 5.41) is 50.2. The Morgan fingerprint density at radius 3 is 2.25 bits per heavy atom. The zero-order valence-corrected chi connectivity index (χ0v) is 37.1. The number of aromatic hydroxyl groups is 2. The largest absolute Gasteiger partial charge is 0.507 e. The van der Waals surface area contributed by atoms with E-state index in [0.717, 1.165) is 6.54 Å². The third-order valence-electron chi connectivity index (χ3n) is 12.9. The number of nitrogens with one attached hydrogen (secondary N) is 1. The van der Waals surface area contributed by atoms with E-state index in [1.807, 2.05) is 0 Å². The molecule has 1 fully saturated rings. The second-order valence-corrected chi connectivity index (χ2v) is 18.0. The highest BCUT2D eigenvalue weighted by molar-refractivity contribution is 6.19. The fourth-order valence-corrected chi connectivity index (χ4v) is 9.20. The van der Waals surface area contributed by atoms with E-state index in [1.165, 1.54) is 27.2 Å². The second-order valence-electron chi connectivity index (χ2n) is 18.0. The summed E-state index contributed by atoms with van der Waals surface area (Å²) in [5.74, 6) is -6.44. The average molecular weight is 847 g/mol. The van der Waals surface area contributed by atoms with Crippen LogP contribution < -0.4 is 20.8 Å². The standard InChI is InChI=1S/C46H62N4O11/c1-22(2)21-50-18-16-46(17-19-50)48-34-31-32-39(54)28(8)42-33(31)43(56)45(10,61-42)59-20-15-30(58-11)25(5)41(60-29(9)51)27(7)38(53)26(6)37(52)23(3)13-12-14-24(4)44(57)47-36(40(32)55)35(34)49-46/h12-15,20,22-23,25-27,30,37-38,41,52-55H,16-19,21H2,1-11H3,(H,47,57)/b13-12+,20-15+,24-14-/t23-,25-,26-,27-,30+,37+,38-,41-,45+/m1/s1. The van der Waals surface area contributed by atoms with Gasteiger partial charge in [-0.3, -0.25) is 24.4 Å². The summed E-state index contributed by atoms with van der Waals surface area (Å²) in [6.07, 6.45) is 5.04. The number of phenolic OH excluding ortho intramolecular Hbond substituents is 2. The highest BCUT2D eigenvalue weighted by Gasteiger charge is 2.50. The molecule has 0 saturated carbocycles. The number of Topliss-reactive ketones (excluding diaryl/α,β-unsaturated/α-hetero) is 1. The van der Waals surface area contributed by atoms with Gasteiger partial charge < -0.3 is 49.6 Å². The molecule has 332 valence electrons. The molecule has 0 radical (unpaired) electrons. The summed E-state index contributed by atoms with van der Waals surface area (Å²) >= 11 is 0. The second kappa shape index (κ2) is 17.5. The highest BCUT2D eigenvalue weighted by Crippen LogP contribution is 2.50. The molecule has 4 aliphatic rings. The normalized spacial score (nSPS) is 32.7. The van der Waals surface area contributed by atoms with Gasteiger partial charge in [-0.25, -0.2) is 0 Å². The van der Waals surface area contributed by atoms with Crippen LogP contribution >= 0.6 is 0 Å². The van der Waals surface area contributed by atoms with Crippen LogP contribution in [0.3, 0.4) is 0 Å². The van der Waals surface area contributed by atoms with Gasteiger partial charge in [-0.1, -0.05) is 59.8 Å². The number of carbonyl (C=O) groups is 3. The van der Waals surface area contributed by atoms with Gasteiger partial charge in [-0.05, 0) is 25.8 Å². The van der Waals surface area contributed by atoms with Crippen LogP contribution in [-0.2, 0) is 23.8 Å². The van der Waals surface area contributed by atoms with Crippen molar-refractivity contribution in [1.82, 2.24) is 4.90 Å². The molecule has 4 heterocycles. The number of allylic oxidation sites excluding steroid dienone is 2. The van der Waals surface area contributed by atoms with Crippen molar-refractivity contribution in [2.45, 2.75) is 118 Å². The molecule has 61 heavy (non-hydrogen) atoms. The summed E-state index contributed by atoms with van der Waals surface area (Å²) in [6.45, 7) is 19.5. The lowest BCUT2D eigenvalue weighted by Crippen LogP contribution is -2.46. The minimum atomic E-state index is -1.96. The van der Waals surface area contributed by atoms with Crippen LogP contribution in [0.2, 0.25) is 0 Å². The quantitative estimate of drug-likeness (QED) is 0.209. The number of methoxy groups -OCH3 is 1. The lowest BCUT2D eigenvalue weighted by atomic mass is 9.78. The van der Waals surface area contributed by atoms with E-state index >= 15 is 0 Å². The first kappa shape index (κ1) is 45.7. The van der Waals surface area contributed by atoms with Crippen LogP contribution in [-0.4, -0.2) is 106 Å². The maximum Gasteiger partial charge on any atom is 0.312 e. The Bertz CT molecular complexity index is 2300. The Balaban J connectivity index is 1.54. The molecule has 1 spiro atoms. The Morgan fingerprint density at radius 2 is 1.62 bits per heavy atom. The predicted octanol–water partition coefficient (Wildman–Crippen LogP) is 4.75. The van der Waals surface area contributed by atoms with Gasteiger partial charge in [0.05, 0.1) is 40.9 Å². The van der Waals surface area contributed by atoms with E-state index in [4.69, 9.17) is 28.9 Å². The maximum atomic E-state index is 14.7. The van der Waals surface area contributed by atoms with E-state index < -0.39 is 82.9 Å². The van der Waals surface area contributed by atoms with Gasteiger partial charge in [0.1, 0.15) is 28.6 Å². The van der Waals surface area contributed by atoms with Crippen molar-refractivity contribution >= 4 is 34.1 Å². The highest BCUT2D eigenvalue weighted by atomic mass is 16.7. The summed E-state index contributed by atoms with van der Waals surface area (Å²) in [6, 6.07) is 0. The van der Waals surface area contributed by atoms with Gasteiger partial charge in [-0.2, -0.15) is 0 Å². The number of esters is 1. The third kappa shape index (κ3) is 8.54. The number of aliphatic hydroxyl groups excluding tert-OH is 2. The van der Waals surface area contributed by atoms with Crippen molar-refractivity contribution in [3.63, 3.8) is 0 Å². The Hall–Kier alpha value is -4.83. The molecule has 15 heteroatoms. The van der Waals surface area contributed by atoms with E-state index in [1.54, 1.807) is 65.8 Å². The van der Waals surface area contributed by atoms with Crippen molar-refractivity contribution in [2.75, 3.05) is 32.1 Å².